The number of rotatable bonds is 3. The first-order valence-electron chi connectivity index (χ1n) is 5.41. The molecule has 0 radical (unpaired) electrons. The summed E-state index contributed by atoms with van der Waals surface area (Å²) in [5.74, 6) is 2.19. The van der Waals surface area contributed by atoms with E-state index in [4.69, 9.17) is 5.73 Å². The van der Waals surface area contributed by atoms with E-state index in [2.05, 4.69) is 22.1 Å². The zero-order chi connectivity index (χ0) is 10.5. The van der Waals surface area contributed by atoms with E-state index >= 15 is 0 Å². The molecule has 82 valence electrons. The normalized spacial score (nSPS) is 21.2. The fourth-order valence-electron chi connectivity index (χ4n) is 1.73. The maximum Gasteiger partial charge on any atom is 0.127 e. The molecular weight excluding hydrogens is 206 g/mol. The Morgan fingerprint density at radius 2 is 2.47 bits per heavy atom. The molecule has 0 aromatic carbocycles. The molecule has 1 saturated heterocycles. The summed E-state index contributed by atoms with van der Waals surface area (Å²) in [4.78, 5) is 4.22. The Bertz CT molecular complexity index is 310. The van der Waals surface area contributed by atoms with Gasteiger partial charge in [0.2, 0.25) is 0 Å². The molecule has 0 amide bonds. The lowest BCUT2D eigenvalue weighted by molar-refractivity contribution is 0.677. The summed E-state index contributed by atoms with van der Waals surface area (Å²) in [6.45, 7) is 1.00. The smallest absolute Gasteiger partial charge is 0.127 e. The van der Waals surface area contributed by atoms with E-state index in [1.165, 1.54) is 25.0 Å². The Labute approximate surface area is 94.8 Å². The molecule has 1 aromatic heterocycles. The molecule has 4 heteroatoms. The van der Waals surface area contributed by atoms with Gasteiger partial charge in [0, 0.05) is 29.7 Å². The second-order valence-electron chi connectivity index (χ2n) is 3.84. The van der Waals surface area contributed by atoms with Gasteiger partial charge in [-0.25, -0.2) is 4.98 Å². The SMILES string of the molecule is Nc1ccnc(NCC2CCCCS2)c1. The lowest BCUT2D eigenvalue weighted by atomic mass is 10.2. The summed E-state index contributed by atoms with van der Waals surface area (Å²) in [7, 11) is 0. The largest absolute Gasteiger partial charge is 0.399 e. The maximum absolute atomic E-state index is 5.68. The molecule has 1 unspecified atom stereocenters. The van der Waals surface area contributed by atoms with Crippen LogP contribution in [0, 0.1) is 0 Å². The molecule has 2 heterocycles. The van der Waals surface area contributed by atoms with Crippen molar-refractivity contribution in [3.63, 3.8) is 0 Å². The lowest BCUT2D eigenvalue weighted by Gasteiger charge is -2.21. The topological polar surface area (TPSA) is 50.9 Å². The van der Waals surface area contributed by atoms with E-state index in [0.29, 0.717) is 0 Å². The summed E-state index contributed by atoms with van der Waals surface area (Å²) >= 11 is 2.07. The molecule has 0 spiro atoms. The van der Waals surface area contributed by atoms with Crippen molar-refractivity contribution in [3.05, 3.63) is 18.3 Å². The van der Waals surface area contributed by atoms with Crippen molar-refractivity contribution in [2.75, 3.05) is 23.3 Å². The molecule has 1 atom stereocenters. The predicted molar refractivity (Wildman–Crippen MR) is 67.2 cm³/mol. The van der Waals surface area contributed by atoms with Crippen LogP contribution < -0.4 is 11.1 Å². The van der Waals surface area contributed by atoms with E-state index < -0.39 is 0 Å². The van der Waals surface area contributed by atoms with E-state index in [0.717, 1.165) is 23.3 Å². The molecule has 0 bridgehead atoms. The van der Waals surface area contributed by atoms with Crippen molar-refractivity contribution in [3.8, 4) is 0 Å². The van der Waals surface area contributed by atoms with Crippen LogP contribution in [0.25, 0.3) is 0 Å². The summed E-state index contributed by atoms with van der Waals surface area (Å²) < 4.78 is 0. The van der Waals surface area contributed by atoms with Crippen molar-refractivity contribution >= 4 is 23.3 Å². The number of aromatic nitrogens is 1. The number of nitrogens with one attached hydrogen (secondary N) is 1. The van der Waals surface area contributed by atoms with Gasteiger partial charge < -0.3 is 11.1 Å². The predicted octanol–water partition coefficient (Wildman–Crippen LogP) is 2.36. The molecule has 15 heavy (non-hydrogen) atoms. The number of anilines is 2. The van der Waals surface area contributed by atoms with Gasteiger partial charge in [-0.2, -0.15) is 11.8 Å². The molecule has 2 rings (SSSR count). The highest BCUT2D eigenvalue weighted by Gasteiger charge is 2.13. The summed E-state index contributed by atoms with van der Waals surface area (Å²) in [6, 6.07) is 3.69. The monoisotopic (exact) mass is 223 g/mol. The average Bonchev–Trinajstić information content (AvgIpc) is 2.28. The number of nitrogen functional groups attached to an aromatic ring is 1. The lowest BCUT2D eigenvalue weighted by Crippen LogP contribution is -2.20. The summed E-state index contributed by atoms with van der Waals surface area (Å²) in [6.07, 6.45) is 5.80. The number of nitrogens with two attached hydrogens (primary N) is 1. The van der Waals surface area contributed by atoms with Gasteiger partial charge in [0.1, 0.15) is 5.82 Å². The molecule has 3 nitrogen and oxygen atoms in total. The Morgan fingerprint density at radius 3 is 3.20 bits per heavy atom. The van der Waals surface area contributed by atoms with Crippen LogP contribution in [0.15, 0.2) is 18.3 Å². The van der Waals surface area contributed by atoms with Crippen molar-refractivity contribution in [2.24, 2.45) is 0 Å². The maximum atomic E-state index is 5.68. The van der Waals surface area contributed by atoms with Gasteiger partial charge in [-0.3, -0.25) is 0 Å². The molecule has 0 aliphatic carbocycles. The summed E-state index contributed by atoms with van der Waals surface area (Å²) in [5, 5.41) is 4.08. The zero-order valence-corrected chi connectivity index (χ0v) is 9.59. The quantitative estimate of drug-likeness (QED) is 0.826. The molecule has 0 saturated carbocycles. The highest BCUT2D eigenvalue weighted by Crippen LogP contribution is 2.25. The van der Waals surface area contributed by atoms with Crippen molar-refractivity contribution in [1.82, 2.24) is 4.98 Å². The third-order valence-electron chi connectivity index (χ3n) is 2.57. The highest BCUT2D eigenvalue weighted by atomic mass is 32.2. The number of hydrogen-bond donors (Lipinski definition) is 2. The van der Waals surface area contributed by atoms with Crippen LogP contribution >= 0.6 is 11.8 Å². The zero-order valence-electron chi connectivity index (χ0n) is 8.78. The van der Waals surface area contributed by atoms with Gasteiger partial charge in [0.05, 0.1) is 0 Å². The molecule has 1 fully saturated rings. The van der Waals surface area contributed by atoms with Crippen LogP contribution in [0.3, 0.4) is 0 Å². The van der Waals surface area contributed by atoms with Crippen molar-refractivity contribution in [1.29, 1.82) is 0 Å². The fourth-order valence-corrected chi connectivity index (χ4v) is 2.97. The van der Waals surface area contributed by atoms with Crippen LogP contribution in [-0.2, 0) is 0 Å². The molecule has 1 aromatic rings. The first-order valence-corrected chi connectivity index (χ1v) is 6.46. The number of hydrogen-bond acceptors (Lipinski definition) is 4. The molecule has 1 aliphatic heterocycles. The first kappa shape index (κ1) is 10.6. The molecule has 1 aliphatic rings. The average molecular weight is 223 g/mol. The second-order valence-corrected chi connectivity index (χ2v) is 5.25. The van der Waals surface area contributed by atoms with Crippen molar-refractivity contribution in [2.45, 2.75) is 24.5 Å². The Hall–Kier alpha value is -0.900. The van der Waals surface area contributed by atoms with E-state index in [1.54, 1.807) is 12.3 Å². The number of pyridine rings is 1. The van der Waals surface area contributed by atoms with Crippen LogP contribution in [0.4, 0.5) is 11.5 Å². The molecule has 3 N–H and O–H groups in total. The standard InChI is InChI=1S/C11H17N3S/c12-9-4-5-13-11(7-9)14-8-10-3-1-2-6-15-10/h4-5,7,10H,1-3,6,8H2,(H3,12,13,14). The third-order valence-corrected chi connectivity index (χ3v) is 3.97. The van der Waals surface area contributed by atoms with Crippen LogP contribution in [0.1, 0.15) is 19.3 Å². The van der Waals surface area contributed by atoms with Crippen LogP contribution in [0.2, 0.25) is 0 Å². The van der Waals surface area contributed by atoms with Gasteiger partial charge in [0.25, 0.3) is 0 Å². The fraction of sp³-hybridized carbons (Fsp3) is 0.545. The second kappa shape index (κ2) is 5.26. The van der Waals surface area contributed by atoms with Gasteiger partial charge in [0.15, 0.2) is 0 Å². The summed E-state index contributed by atoms with van der Waals surface area (Å²) in [5.41, 5.74) is 6.45. The first-order chi connectivity index (χ1) is 7.34. The number of nitrogens with zero attached hydrogens (tertiary/aromatic N) is 1. The van der Waals surface area contributed by atoms with E-state index in [-0.39, 0.29) is 0 Å². The third kappa shape index (κ3) is 3.30. The van der Waals surface area contributed by atoms with Crippen molar-refractivity contribution < 1.29 is 0 Å². The Morgan fingerprint density at radius 1 is 1.53 bits per heavy atom. The minimum Gasteiger partial charge on any atom is -0.399 e. The van der Waals surface area contributed by atoms with Gasteiger partial charge in [-0.1, -0.05) is 6.42 Å². The molecular formula is C11H17N3S. The van der Waals surface area contributed by atoms with Gasteiger partial charge >= 0.3 is 0 Å². The highest BCUT2D eigenvalue weighted by molar-refractivity contribution is 7.99. The van der Waals surface area contributed by atoms with E-state index in [9.17, 15) is 0 Å². The van der Waals surface area contributed by atoms with E-state index in [1.807, 2.05) is 6.07 Å². The minimum atomic E-state index is 0.738. The Balaban J connectivity index is 1.81. The number of thioether (sulfide) groups is 1. The van der Waals surface area contributed by atoms with Crippen LogP contribution in [-0.4, -0.2) is 22.5 Å². The minimum absolute atomic E-state index is 0.738. The van der Waals surface area contributed by atoms with Gasteiger partial charge in [-0.05, 0) is 24.7 Å². The van der Waals surface area contributed by atoms with Crippen LogP contribution in [0.5, 0.6) is 0 Å². The Kier molecular flexibility index (Phi) is 3.72. The van der Waals surface area contributed by atoms with Gasteiger partial charge in [-0.15, -0.1) is 0 Å².